The van der Waals surface area contributed by atoms with Crippen LogP contribution in [0.5, 0.6) is 0 Å². The highest BCUT2D eigenvalue weighted by atomic mass is 16.5. The first-order valence-corrected chi connectivity index (χ1v) is 14.2. The number of aryl methyl sites for hydroxylation is 1. The summed E-state index contributed by atoms with van der Waals surface area (Å²) >= 11 is 0. The molecule has 0 aliphatic heterocycles. The summed E-state index contributed by atoms with van der Waals surface area (Å²) in [6.45, 7) is 4.14. The molecule has 43 heavy (non-hydrogen) atoms. The van der Waals surface area contributed by atoms with E-state index in [4.69, 9.17) is 4.74 Å². The third kappa shape index (κ3) is 6.47. The minimum absolute atomic E-state index is 0.0221. The fraction of sp³-hybridized carbons (Fsp3) is 0.108. The number of nitrogens with zero attached hydrogens (tertiary/aromatic N) is 2. The van der Waals surface area contributed by atoms with Gasteiger partial charge in [-0.3, -0.25) is 4.79 Å². The van der Waals surface area contributed by atoms with Crippen LogP contribution in [-0.4, -0.2) is 23.1 Å². The fourth-order valence-corrected chi connectivity index (χ4v) is 4.91. The Hall–Kier alpha value is -5.67. The summed E-state index contributed by atoms with van der Waals surface area (Å²) in [7, 11) is 0. The summed E-state index contributed by atoms with van der Waals surface area (Å²) in [5.74, 6) is -0.871. The molecule has 0 saturated heterocycles. The van der Waals surface area contributed by atoms with Gasteiger partial charge in [-0.1, -0.05) is 79.7 Å². The predicted octanol–water partition coefficient (Wildman–Crippen LogP) is 8.10. The molecule has 0 fully saturated rings. The van der Waals surface area contributed by atoms with Crippen molar-refractivity contribution in [2.24, 2.45) is 0 Å². The number of nitriles is 1. The summed E-state index contributed by atoms with van der Waals surface area (Å²) in [4.78, 5) is 25.6. The molecule has 0 spiro atoms. The van der Waals surface area contributed by atoms with Crippen LogP contribution in [0, 0.1) is 11.3 Å². The van der Waals surface area contributed by atoms with Gasteiger partial charge >= 0.3 is 5.97 Å². The maximum atomic E-state index is 13.3. The molecule has 5 aromatic rings. The second-order valence-corrected chi connectivity index (χ2v) is 9.84. The number of esters is 1. The van der Waals surface area contributed by atoms with Crippen molar-refractivity contribution in [1.82, 2.24) is 4.57 Å². The van der Waals surface area contributed by atoms with Gasteiger partial charge in [0.05, 0.1) is 23.6 Å². The van der Waals surface area contributed by atoms with Crippen molar-refractivity contribution < 1.29 is 14.3 Å². The first-order chi connectivity index (χ1) is 21.0. The molecule has 1 amide bonds. The van der Waals surface area contributed by atoms with E-state index in [-0.39, 0.29) is 11.5 Å². The lowest BCUT2D eigenvalue weighted by atomic mass is 10.0. The number of carbonyl (C=O) groups excluding carboxylic acids is 2. The average Bonchev–Trinajstić information content (AvgIpc) is 3.44. The van der Waals surface area contributed by atoms with Gasteiger partial charge in [0.1, 0.15) is 11.6 Å². The second kappa shape index (κ2) is 13.3. The number of nitrogens with one attached hydrogen (secondary N) is 1. The Balaban J connectivity index is 1.67. The summed E-state index contributed by atoms with van der Waals surface area (Å²) in [5, 5.41) is 12.9. The number of hydrogen-bond acceptors (Lipinski definition) is 4. The third-order valence-corrected chi connectivity index (χ3v) is 7.07. The van der Waals surface area contributed by atoms with Crippen molar-refractivity contribution >= 4 is 23.6 Å². The largest absolute Gasteiger partial charge is 0.462 e. The van der Waals surface area contributed by atoms with E-state index in [1.165, 1.54) is 0 Å². The van der Waals surface area contributed by atoms with E-state index in [0.717, 1.165) is 40.2 Å². The van der Waals surface area contributed by atoms with E-state index in [0.29, 0.717) is 23.4 Å². The number of anilines is 1. The van der Waals surface area contributed by atoms with Gasteiger partial charge in [0.15, 0.2) is 0 Å². The van der Waals surface area contributed by atoms with Crippen LogP contribution in [0.4, 0.5) is 5.69 Å². The van der Waals surface area contributed by atoms with Crippen LogP contribution in [0.3, 0.4) is 0 Å². The Bertz CT molecular complexity index is 1800. The Kier molecular flexibility index (Phi) is 8.94. The maximum Gasteiger partial charge on any atom is 0.338 e. The lowest BCUT2D eigenvalue weighted by molar-refractivity contribution is -0.112. The van der Waals surface area contributed by atoms with E-state index in [9.17, 15) is 14.9 Å². The predicted molar refractivity (Wildman–Crippen MR) is 171 cm³/mol. The normalized spacial score (nSPS) is 11.0. The summed E-state index contributed by atoms with van der Waals surface area (Å²) in [6, 6.07) is 38.6. The molecule has 0 aliphatic rings. The number of aromatic nitrogens is 1. The number of carbonyl (C=O) groups is 2. The Labute approximate surface area is 251 Å². The second-order valence-electron chi connectivity index (χ2n) is 9.84. The van der Waals surface area contributed by atoms with Crippen LogP contribution in [0.15, 0.2) is 121 Å². The van der Waals surface area contributed by atoms with Crippen molar-refractivity contribution in [3.8, 4) is 34.3 Å². The molecule has 6 nitrogen and oxygen atoms in total. The molecule has 0 aliphatic carbocycles. The Morgan fingerprint density at radius 2 is 1.47 bits per heavy atom. The van der Waals surface area contributed by atoms with Gasteiger partial charge in [-0.25, -0.2) is 4.79 Å². The van der Waals surface area contributed by atoms with Gasteiger partial charge in [0.2, 0.25) is 0 Å². The van der Waals surface area contributed by atoms with E-state index < -0.39 is 5.91 Å². The molecular formula is C37H31N3O3. The lowest BCUT2D eigenvalue weighted by Crippen LogP contribution is -2.13. The summed E-state index contributed by atoms with van der Waals surface area (Å²) in [5.41, 5.74) is 7.24. The van der Waals surface area contributed by atoms with Crippen LogP contribution in [0.1, 0.15) is 35.3 Å². The molecule has 0 atom stereocenters. The summed E-state index contributed by atoms with van der Waals surface area (Å²) < 4.78 is 7.26. The average molecular weight is 566 g/mol. The highest BCUT2D eigenvalue weighted by Gasteiger charge is 2.21. The molecule has 0 radical (unpaired) electrons. The van der Waals surface area contributed by atoms with Crippen molar-refractivity contribution in [3.05, 3.63) is 138 Å². The minimum Gasteiger partial charge on any atom is -0.462 e. The third-order valence-electron chi connectivity index (χ3n) is 7.07. The topological polar surface area (TPSA) is 84.1 Å². The maximum absolute atomic E-state index is 13.3. The molecule has 0 unspecified atom stereocenters. The number of hydrogen-bond donors (Lipinski definition) is 1. The van der Waals surface area contributed by atoms with Gasteiger partial charge in [-0.2, -0.15) is 5.26 Å². The SMILES string of the molecule is CCOC(=O)c1ccc(-n2c(-c3ccccc3)cc(C=C(C#N)C(=O)Nc3ccc(CC)cc3)c2-c2ccccc2)cc1. The van der Waals surface area contributed by atoms with Crippen LogP contribution in [0.25, 0.3) is 34.3 Å². The van der Waals surface area contributed by atoms with Gasteiger partial charge in [0, 0.05) is 16.9 Å². The van der Waals surface area contributed by atoms with Crippen molar-refractivity contribution in [3.63, 3.8) is 0 Å². The first kappa shape index (κ1) is 28.8. The molecule has 1 N–H and O–H groups in total. The zero-order valence-electron chi connectivity index (χ0n) is 24.1. The standard InChI is InChI=1S/C37H31N3O3/c1-3-26-15-19-32(20-16-26)39-36(41)31(25-38)23-30-24-34(27-11-7-5-8-12-27)40(35(30)28-13-9-6-10-14-28)33-21-17-29(18-22-33)37(42)43-4-2/h5-24H,3-4H2,1-2H3,(H,39,41). The number of amides is 1. The smallest absolute Gasteiger partial charge is 0.338 e. The Morgan fingerprint density at radius 1 is 0.837 bits per heavy atom. The van der Waals surface area contributed by atoms with E-state index in [1.807, 2.05) is 103 Å². The Morgan fingerprint density at radius 3 is 2.05 bits per heavy atom. The number of rotatable bonds is 9. The van der Waals surface area contributed by atoms with E-state index in [2.05, 4.69) is 22.9 Å². The van der Waals surface area contributed by atoms with E-state index >= 15 is 0 Å². The molecular weight excluding hydrogens is 534 g/mol. The van der Waals surface area contributed by atoms with Crippen LogP contribution >= 0.6 is 0 Å². The van der Waals surface area contributed by atoms with Crippen LogP contribution < -0.4 is 5.32 Å². The number of benzene rings is 4. The molecule has 212 valence electrons. The van der Waals surface area contributed by atoms with Gasteiger partial charge in [0.25, 0.3) is 5.91 Å². The highest BCUT2D eigenvalue weighted by molar-refractivity contribution is 6.10. The van der Waals surface area contributed by atoms with E-state index in [1.54, 1.807) is 25.1 Å². The monoisotopic (exact) mass is 565 g/mol. The van der Waals surface area contributed by atoms with Gasteiger partial charge < -0.3 is 14.6 Å². The molecule has 0 saturated carbocycles. The molecule has 4 aromatic carbocycles. The summed E-state index contributed by atoms with van der Waals surface area (Å²) in [6.07, 6.45) is 2.53. The fourth-order valence-electron chi connectivity index (χ4n) is 4.91. The van der Waals surface area contributed by atoms with Gasteiger partial charge in [-0.15, -0.1) is 0 Å². The molecule has 5 rings (SSSR count). The highest BCUT2D eigenvalue weighted by Crippen LogP contribution is 2.37. The van der Waals surface area contributed by atoms with Crippen molar-refractivity contribution in [2.75, 3.05) is 11.9 Å². The van der Waals surface area contributed by atoms with Gasteiger partial charge in [-0.05, 0) is 78.6 Å². The first-order valence-electron chi connectivity index (χ1n) is 14.2. The molecule has 0 bridgehead atoms. The molecule has 1 aromatic heterocycles. The minimum atomic E-state index is -0.487. The van der Waals surface area contributed by atoms with Crippen molar-refractivity contribution in [1.29, 1.82) is 5.26 Å². The van der Waals surface area contributed by atoms with Crippen LogP contribution in [0.2, 0.25) is 0 Å². The zero-order valence-corrected chi connectivity index (χ0v) is 24.1. The van der Waals surface area contributed by atoms with Crippen LogP contribution in [-0.2, 0) is 16.0 Å². The molecule has 1 heterocycles. The zero-order chi connectivity index (χ0) is 30.2. The quantitative estimate of drug-likeness (QED) is 0.111. The molecule has 6 heteroatoms. The number of ether oxygens (including phenoxy) is 1. The van der Waals surface area contributed by atoms with Crippen molar-refractivity contribution in [2.45, 2.75) is 20.3 Å². The lowest BCUT2D eigenvalue weighted by Gasteiger charge is -2.15.